The number of allylic oxidation sites excluding steroid dienone is 3. The molecular formula is C18H32N2O3S. The summed E-state index contributed by atoms with van der Waals surface area (Å²) in [7, 11) is -2.97. The van der Waals surface area contributed by atoms with Gasteiger partial charge in [-0.2, -0.15) is 0 Å². The number of aliphatic hydroxyl groups excluding tert-OH is 1. The molecule has 0 aromatic rings. The maximum Gasteiger partial charge on any atom is 0.153 e. The highest BCUT2D eigenvalue weighted by molar-refractivity contribution is 7.91. The fourth-order valence-electron chi connectivity index (χ4n) is 3.69. The Kier molecular flexibility index (Phi) is 7.04. The first-order chi connectivity index (χ1) is 11.3. The number of rotatable bonds is 7. The highest BCUT2D eigenvalue weighted by Gasteiger charge is 2.45. The summed E-state index contributed by atoms with van der Waals surface area (Å²) in [6.45, 7) is 9.58. The van der Waals surface area contributed by atoms with E-state index in [1.54, 1.807) is 0 Å². The van der Waals surface area contributed by atoms with Crippen LogP contribution in [0.2, 0.25) is 0 Å². The largest absolute Gasteiger partial charge is 0.395 e. The molecule has 0 aromatic carbocycles. The minimum absolute atomic E-state index is 0.0373. The molecule has 0 amide bonds. The molecule has 2 heterocycles. The van der Waals surface area contributed by atoms with Gasteiger partial charge in [0.1, 0.15) is 0 Å². The molecule has 2 rings (SSSR count). The Bertz CT molecular complexity index is 579. The van der Waals surface area contributed by atoms with Crippen molar-refractivity contribution in [1.29, 1.82) is 0 Å². The van der Waals surface area contributed by atoms with E-state index in [0.717, 1.165) is 32.5 Å². The zero-order valence-electron chi connectivity index (χ0n) is 15.2. The van der Waals surface area contributed by atoms with Gasteiger partial charge in [-0.3, -0.25) is 9.80 Å². The average Bonchev–Trinajstić information content (AvgIpc) is 2.82. The number of fused-ring (bicyclic) bond motifs is 1. The predicted molar refractivity (Wildman–Crippen MR) is 98.9 cm³/mol. The first-order valence-corrected chi connectivity index (χ1v) is 10.7. The fourth-order valence-corrected chi connectivity index (χ4v) is 5.74. The molecule has 2 aliphatic rings. The Hall–Kier alpha value is -0.690. The smallest absolute Gasteiger partial charge is 0.153 e. The Labute approximate surface area is 146 Å². The number of aliphatic hydroxyl groups is 1. The summed E-state index contributed by atoms with van der Waals surface area (Å²) in [6.07, 6.45) is 6.63. The third-order valence-electron chi connectivity index (χ3n) is 5.06. The van der Waals surface area contributed by atoms with E-state index in [1.165, 1.54) is 11.1 Å². The van der Waals surface area contributed by atoms with Gasteiger partial charge in [0.2, 0.25) is 0 Å². The number of hydrogen-bond donors (Lipinski definition) is 1. The summed E-state index contributed by atoms with van der Waals surface area (Å²) in [5.41, 5.74) is 2.71. The van der Waals surface area contributed by atoms with Crippen LogP contribution in [0.5, 0.6) is 0 Å². The van der Waals surface area contributed by atoms with Crippen LogP contribution in [0.25, 0.3) is 0 Å². The summed E-state index contributed by atoms with van der Waals surface area (Å²) in [5, 5.41) is 9.21. The molecule has 0 aliphatic carbocycles. The van der Waals surface area contributed by atoms with Crippen molar-refractivity contribution in [2.24, 2.45) is 0 Å². The Balaban J connectivity index is 1.97. The van der Waals surface area contributed by atoms with E-state index < -0.39 is 9.84 Å². The lowest BCUT2D eigenvalue weighted by Gasteiger charge is -2.43. The molecule has 6 heteroatoms. The molecule has 2 saturated heterocycles. The molecule has 1 N–H and O–H groups in total. The maximum atomic E-state index is 12.1. The summed E-state index contributed by atoms with van der Waals surface area (Å²) in [4.78, 5) is 4.46. The Morgan fingerprint density at radius 3 is 2.33 bits per heavy atom. The van der Waals surface area contributed by atoms with Gasteiger partial charge in [0.15, 0.2) is 9.84 Å². The van der Waals surface area contributed by atoms with Crippen molar-refractivity contribution >= 4 is 9.84 Å². The Morgan fingerprint density at radius 2 is 1.71 bits per heavy atom. The van der Waals surface area contributed by atoms with Crippen molar-refractivity contribution in [2.45, 2.75) is 45.7 Å². The van der Waals surface area contributed by atoms with Crippen molar-refractivity contribution in [3.8, 4) is 0 Å². The molecule has 138 valence electrons. The highest BCUT2D eigenvalue weighted by atomic mass is 32.2. The third-order valence-corrected chi connectivity index (χ3v) is 6.76. The summed E-state index contributed by atoms with van der Waals surface area (Å²) in [5.74, 6) is 0.488. The van der Waals surface area contributed by atoms with Crippen molar-refractivity contribution in [3.63, 3.8) is 0 Å². The second-order valence-corrected chi connectivity index (χ2v) is 9.49. The lowest BCUT2D eigenvalue weighted by Crippen LogP contribution is -2.59. The van der Waals surface area contributed by atoms with Gasteiger partial charge in [-0.25, -0.2) is 8.42 Å². The van der Waals surface area contributed by atoms with Crippen LogP contribution in [0, 0.1) is 0 Å². The van der Waals surface area contributed by atoms with Crippen LogP contribution >= 0.6 is 0 Å². The molecule has 2 unspecified atom stereocenters. The molecule has 0 saturated carbocycles. The minimum Gasteiger partial charge on any atom is -0.395 e. The van der Waals surface area contributed by atoms with Gasteiger partial charge in [0, 0.05) is 38.3 Å². The molecular weight excluding hydrogens is 324 g/mol. The van der Waals surface area contributed by atoms with Gasteiger partial charge >= 0.3 is 0 Å². The highest BCUT2D eigenvalue weighted by Crippen LogP contribution is 2.26. The summed E-state index contributed by atoms with van der Waals surface area (Å²) >= 11 is 0. The maximum absolute atomic E-state index is 12.1. The molecule has 2 atom stereocenters. The van der Waals surface area contributed by atoms with Crippen molar-refractivity contribution in [1.82, 2.24) is 9.80 Å². The second kappa shape index (κ2) is 8.61. The van der Waals surface area contributed by atoms with E-state index in [2.05, 4.69) is 42.7 Å². The first kappa shape index (κ1) is 19.6. The average molecular weight is 357 g/mol. The topological polar surface area (TPSA) is 60.9 Å². The second-order valence-electron chi connectivity index (χ2n) is 7.34. The standard InChI is InChI=1S/C18H32N2O3S/c1-15(2)5-4-6-16(3)7-8-19-9-10-20(11-12-21)18-14-24(22,23)13-17(18)19/h5,7,17-18,21H,4,6,8-14H2,1-3H3. The number of sulfone groups is 1. The predicted octanol–water partition coefficient (Wildman–Crippen LogP) is 1.45. The molecule has 0 spiro atoms. The van der Waals surface area contributed by atoms with E-state index in [9.17, 15) is 13.5 Å². The minimum atomic E-state index is -2.97. The molecule has 24 heavy (non-hydrogen) atoms. The number of β-amino-alcohol motifs (C(OH)–C–C–N with tert-alkyl or cyclic N) is 1. The van der Waals surface area contributed by atoms with Gasteiger partial charge in [-0.15, -0.1) is 0 Å². The van der Waals surface area contributed by atoms with Gasteiger partial charge < -0.3 is 5.11 Å². The normalized spacial score (nSPS) is 27.9. The number of piperazine rings is 1. The van der Waals surface area contributed by atoms with Crippen molar-refractivity contribution < 1.29 is 13.5 Å². The Morgan fingerprint density at radius 1 is 1.08 bits per heavy atom. The van der Waals surface area contributed by atoms with Crippen molar-refractivity contribution in [2.75, 3.05) is 44.3 Å². The lowest BCUT2D eigenvalue weighted by atomic mass is 10.0. The van der Waals surface area contributed by atoms with Crippen LogP contribution < -0.4 is 0 Å². The number of hydrogen-bond acceptors (Lipinski definition) is 5. The van der Waals surface area contributed by atoms with E-state index in [1.807, 2.05) is 0 Å². The van der Waals surface area contributed by atoms with Gasteiger partial charge in [-0.1, -0.05) is 23.3 Å². The molecule has 5 nitrogen and oxygen atoms in total. The molecule has 2 aliphatic heterocycles. The summed E-state index contributed by atoms with van der Waals surface area (Å²) in [6, 6.07) is 0.104. The molecule has 0 radical (unpaired) electrons. The zero-order valence-corrected chi connectivity index (χ0v) is 16.1. The van der Waals surface area contributed by atoms with Gasteiger partial charge in [0.05, 0.1) is 18.1 Å². The molecule has 0 aromatic heterocycles. The fraction of sp³-hybridized carbons (Fsp3) is 0.778. The van der Waals surface area contributed by atoms with Crippen molar-refractivity contribution in [3.05, 3.63) is 23.3 Å². The van der Waals surface area contributed by atoms with Crippen LogP contribution in [0.1, 0.15) is 33.6 Å². The van der Waals surface area contributed by atoms with Gasteiger partial charge in [0.25, 0.3) is 0 Å². The van der Waals surface area contributed by atoms with Gasteiger partial charge in [-0.05, 0) is 33.6 Å². The lowest BCUT2D eigenvalue weighted by molar-refractivity contribution is 0.0418. The van der Waals surface area contributed by atoms with Crippen LogP contribution in [0.15, 0.2) is 23.3 Å². The molecule has 0 bridgehead atoms. The number of nitrogens with zero attached hydrogens (tertiary/aromatic N) is 2. The first-order valence-electron chi connectivity index (χ1n) is 8.91. The third kappa shape index (κ3) is 5.41. The van der Waals surface area contributed by atoms with E-state index in [4.69, 9.17) is 0 Å². The SMILES string of the molecule is CC(C)=CCCC(C)=CCN1CCN(CCO)C2CS(=O)(=O)CC21. The van der Waals surface area contributed by atoms with Crippen LogP contribution in [0.3, 0.4) is 0 Å². The molecule has 2 fully saturated rings. The van der Waals surface area contributed by atoms with Crippen LogP contribution in [0.4, 0.5) is 0 Å². The van der Waals surface area contributed by atoms with E-state index >= 15 is 0 Å². The summed E-state index contributed by atoms with van der Waals surface area (Å²) < 4.78 is 24.2. The zero-order chi connectivity index (χ0) is 17.7. The quantitative estimate of drug-likeness (QED) is 0.700. The van der Waals surface area contributed by atoms with Crippen LogP contribution in [-0.4, -0.2) is 79.7 Å². The van der Waals surface area contributed by atoms with E-state index in [0.29, 0.717) is 6.54 Å². The van der Waals surface area contributed by atoms with Crippen LogP contribution in [-0.2, 0) is 9.84 Å². The monoisotopic (exact) mass is 356 g/mol. The van der Waals surface area contributed by atoms with E-state index in [-0.39, 0.29) is 30.2 Å².